The molecule has 0 saturated heterocycles. The molecule has 0 saturated carbocycles. The number of para-hydroxylation sites is 1. The first-order chi connectivity index (χ1) is 13.8. The van der Waals surface area contributed by atoms with Crippen molar-refractivity contribution in [2.75, 3.05) is 6.54 Å². The number of nitrogens with one attached hydrogen (secondary N) is 2. The molecule has 4 rings (SSSR count). The molecule has 0 fully saturated rings. The van der Waals surface area contributed by atoms with Crippen LogP contribution in [0.4, 0.5) is 0 Å². The summed E-state index contributed by atoms with van der Waals surface area (Å²) in [5, 5.41) is 4.31. The minimum Gasteiger partial charge on any atom is -0.355 e. The van der Waals surface area contributed by atoms with Gasteiger partial charge in [0, 0.05) is 29.8 Å². The average Bonchev–Trinajstić information content (AvgIpc) is 3.15. The first-order valence-electron chi connectivity index (χ1n) is 9.75. The van der Waals surface area contributed by atoms with Gasteiger partial charge in [-0.15, -0.1) is 0 Å². The number of aromatic nitrogens is 1. The lowest BCUT2D eigenvalue weighted by Gasteiger charge is -2.20. The highest BCUT2D eigenvalue weighted by molar-refractivity contribution is 5.92. The molecule has 1 aromatic heterocycles. The summed E-state index contributed by atoms with van der Waals surface area (Å²) in [6.07, 6.45) is 0.487. The Labute approximate surface area is 165 Å². The molecular formula is C25H24N2O. The van der Waals surface area contributed by atoms with Crippen molar-refractivity contribution in [1.82, 2.24) is 10.3 Å². The predicted octanol–water partition coefficient (Wildman–Crippen LogP) is 5.49. The first-order valence-corrected chi connectivity index (χ1v) is 9.75. The van der Waals surface area contributed by atoms with Crippen molar-refractivity contribution in [2.24, 2.45) is 0 Å². The quantitative estimate of drug-likeness (QED) is 0.464. The second-order valence-corrected chi connectivity index (χ2v) is 6.95. The summed E-state index contributed by atoms with van der Waals surface area (Å²) < 4.78 is 0. The molecule has 1 heterocycles. The van der Waals surface area contributed by atoms with E-state index in [1.54, 1.807) is 0 Å². The van der Waals surface area contributed by atoms with Crippen LogP contribution in [0.2, 0.25) is 0 Å². The molecule has 3 heteroatoms. The molecule has 4 aromatic rings. The van der Waals surface area contributed by atoms with Crippen molar-refractivity contribution >= 4 is 16.8 Å². The van der Waals surface area contributed by atoms with Crippen LogP contribution in [0.15, 0.2) is 84.9 Å². The average molecular weight is 368 g/mol. The van der Waals surface area contributed by atoms with Gasteiger partial charge in [-0.3, -0.25) is 4.79 Å². The van der Waals surface area contributed by atoms with Gasteiger partial charge in [-0.1, -0.05) is 85.8 Å². The third-order valence-electron chi connectivity index (χ3n) is 5.18. The number of amides is 1. The number of H-pyrrole nitrogens is 1. The highest BCUT2D eigenvalue weighted by atomic mass is 16.1. The van der Waals surface area contributed by atoms with E-state index in [-0.39, 0.29) is 11.8 Å². The molecule has 0 unspecified atom stereocenters. The normalized spacial score (nSPS) is 12.0. The molecular weight excluding hydrogens is 344 g/mol. The van der Waals surface area contributed by atoms with Crippen molar-refractivity contribution in [3.05, 3.63) is 96.1 Å². The summed E-state index contributed by atoms with van der Waals surface area (Å²) in [4.78, 5) is 15.6. The Morgan fingerprint density at radius 1 is 0.893 bits per heavy atom. The van der Waals surface area contributed by atoms with Crippen LogP contribution in [0.3, 0.4) is 0 Å². The van der Waals surface area contributed by atoms with Crippen LogP contribution < -0.4 is 5.32 Å². The van der Waals surface area contributed by atoms with Gasteiger partial charge in [0.15, 0.2) is 0 Å². The van der Waals surface area contributed by atoms with Gasteiger partial charge in [0.1, 0.15) is 0 Å². The maximum absolute atomic E-state index is 12.0. The zero-order valence-corrected chi connectivity index (χ0v) is 16.0. The Kier molecular flexibility index (Phi) is 5.24. The molecule has 140 valence electrons. The smallest absolute Gasteiger partial charge is 0.219 e. The van der Waals surface area contributed by atoms with Crippen LogP contribution in [-0.4, -0.2) is 17.4 Å². The van der Waals surface area contributed by atoms with Crippen LogP contribution in [0.5, 0.6) is 0 Å². The van der Waals surface area contributed by atoms with Crippen molar-refractivity contribution in [3.63, 3.8) is 0 Å². The summed E-state index contributed by atoms with van der Waals surface area (Å²) in [5.74, 6) is 0.130. The number of aromatic amines is 1. The summed E-state index contributed by atoms with van der Waals surface area (Å²) in [5.41, 5.74) is 5.79. The summed E-state index contributed by atoms with van der Waals surface area (Å²) >= 11 is 0. The number of carbonyl (C=O) groups excluding carboxylic acids is 1. The summed E-state index contributed by atoms with van der Waals surface area (Å²) in [7, 11) is 0. The zero-order valence-electron chi connectivity index (χ0n) is 16.0. The molecule has 1 amide bonds. The molecule has 1 atom stereocenters. The fraction of sp³-hybridized carbons (Fsp3) is 0.160. The Bertz CT molecular complexity index is 1070. The number of hydrogen-bond acceptors (Lipinski definition) is 1. The van der Waals surface area contributed by atoms with Gasteiger partial charge < -0.3 is 10.3 Å². The van der Waals surface area contributed by atoms with E-state index in [4.69, 9.17) is 0 Å². The van der Waals surface area contributed by atoms with Crippen molar-refractivity contribution in [3.8, 4) is 11.3 Å². The van der Waals surface area contributed by atoms with Gasteiger partial charge in [-0.05, 0) is 22.8 Å². The first kappa shape index (κ1) is 18.1. The van der Waals surface area contributed by atoms with E-state index in [2.05, 4.69) is 77.0 Å². The summed E-state index contributed by atoms with van der Waals surface area (Å²) in [6, 6.07) is 29.2. The molecule has 0 aliphatic heterocycles. The van der Waals surface area contributed by atoms with E-state index in [1.807, 2.05) is 25.1 Å². The minimum absolute atomic E-state index is 0.0584. The molecule has 0 radical (unpaired) electrons. The Balaban J connectivity index is 1.90. The Morgan fingerprint density at radius 2 is 1.54 bits per heavy atom. The number of carbonyl (C=O) groups is 1. The van der Waals surface area contributed by atoms with Crippen LogP contribution >= 0.6 is 0 Å². The summed E-state index contributed by atoms with van der Waals surface area (Å²) in [6.45, 7) is 2.45. The lowest BCUT2D eigenvalue weighted by atomic mass is 9.87. The fourth-order valence-electron chi connectivity index (χ4n) is 3.77. The van der Waals surface area contributed by atoms with Crippen LogP contribution in [-0.2, 0) is 4.79 Å². The predicted molar refractivity (Wildman–Crippen MR) is 115 cm³/mol. The molecule has 0 aliphatic carbocycles. The standard InChI is InChI=1S/C25H24N2O/c1-2-23(28)26-17-21(18-11-5-3-6-12-18)24-20-15-9-10-16-22(20)27-25(24)19-13-7-4-8-14-19/h3-16,21,27H,2,17H2,1H3,(H,26,28)/t21-/m0/s1. The van der Waals surface area contributed by atoms with E-state index in [0.29, 0.717) is 13.0 Å². The maximum Gasteiger partial charge on any atom is 0.219 e. The van der Waals surface area contributed by atoms with Gasteiger partial charge in [0.25, 0.3) is 0 Å². The second kappa shape index (κ2) is 8.13. The highest BCUT2D eigenvalue weighted by Gasteiger charge is 2.23. The van der Waals surface area contributed by atoms with Gasteiger partial charge >= 0.3 is 0 Å². The van der Waals surface area contributed by atoms with Gasteiger partial charge in [-0.25, -0.2) is 0 Å². The minimum atomic E-state index is 0.0584. The molecule has 2 N–H and O–H groups in total. The van der Waals surface area contributed by atoms with Crippen LogP contribution in [0, 0.1) is 0 Å². The van der Waals surface area contributed by atoms with Gasteiger partial charge in [0.05, 0.1) is 5.69 Å². The van der Waals surface area contributed by atoms with Crippen LogP contribution in [0.25, 0.3) is 22.2 Å². The van der Waals surface area contributed by atoms with E-state index in [0.717, 1.165) is 16.8 Å². The monoisotopic (exact) mass is 368 g/mol. The largest absolute Gasteiger partial charge is 0.355 e. The van der Waals surface area contributed by atoms with Gasteiger partial charge in [0.2, 0.25) is 5.91 Å². The fourth-order valence-corrected chi connectivity index (χ4v) is 3.77. The molecule has 3 aromatic carbocycles. The van der Waals surface area contributed by atoms with Crippen molar-refractivity contribution < 1.29 is 4.79 Å². The zero-order chi connectivity index (χ0) is 19.3. The van der Waals surface area contributed by atoms with Gasteiger partial charge in [-0.2, -0.15) is 0 Å². The number of benzene rings is 3. The van der Waals surface area contributed by atoms with E-state index in [1.165, 1.54) is 16.5 Å². The second-order valence-electron chi connectivity index (χ2n) is 6.95. The third-order valence-corrected chi connectivity index (χ3v) is 5.18. The highest BCUT2D eigenvalue weighted by Crippen LogP contribution is 2.38. The molecule has 0 bridgehead atoms. The Morgan fingerprint density at radius 3 is 2.25 bits per heavy atom. The van der Waals surface area contributed by atoms with Crippen LogP contribution in [0.1, 0.15) is 30.4 Å². The topological polar surface area (TPSA) is 44.9 Å². The number of hydrogen-bond donors (Lipinski definition) is 2. The molecule has 0 spiro atoms. The number of rotatable bonds is 6. The van der Waals surface area contributed by atoms with E-state index >= 15 is 0 Å². The lowest BCUT2D eigenvalue weighted by molar-refractivity contribution is -0.120. The Hall–Kier alpha value is -3.33. The molecule has 3 nitrogen and oxygen atoms in total. The molecule has 0 aliphatic rings. The maximum atomic E-state index is 12.0. The number of fused-ring (bicyclic) bond motifs is 1. The van der Waals surface area contributed by atoms with Crippen molar-refractivity contribution in [2.45, 2.75) is 19.3 Å². The molecule has 28 heavy (non-hydrogen) atoms. The van der Waals surface area contributed by atoms with E-state index in [9.17, 15) is 4.79 Å². The van der Waals surface area contributed by atoms with E-state index < -0.39 is 0 Å². The SMILES string of the molecule is CCC(=O)NC[C@@H](c1ccccc1)c1c(-c2ccccc2)[nH]c2ccccc12. The van der Waals surface area contributed by atoms with Crippen molar-refractivity contribution in [1.29, 1.82) is 0 Å². The lowest BCUT2D eigenvalue weighted by Crippen LogP contribution is -2.28. The third kappa shape index (κ3) is 3.56.